The number of hydrogen-bond acceptors (Lipinski definition) is 4. The zero-order valence-electron chi connectivity index (χ0n) is 11.1. The molecule has 0 aromatic heterocycles. The zero-order chi connectivity index (χ0) is 13.1. The molecule has 4 nitrogen and oxygen atoms in total. The lowest BCUT2D eigenvalue weighted by Crippen LogP contribution is -2.43. The molecule has 1 aliphatic rings. The van der Waals surface area contributed by atoms with E-state index in [1.807, 2.05) is 26.0 Å². The molecule has 0 bridgehead atoms. The lowest BCUT2D eigenvalue weighted by molar-refractivity contribution is 0.0267. The van der Waals surface area contributed by atoms with Gasteiger partial charge < -0.3 is 14.8 Å². The summed E-state index contributed by atoms with van der Waals surface area (Å²) >= 11 is 0. The molecule has 0 amide bonds. The Bertz CT molecular complexity index is 451. The van der Waals surface area contributed by atoms with Gasteiger partial charge in [0.25, 0.3) is 0 Å². The number of morpholine rings is 1. The summed E-state index contributed by atoms with van der Waals surface area (Å²) in [5.74, 6) is 0.611. The van der Waals surface area contributed by atoms with Gasteiger partial charge in [0.1, 0.15) is 11.9 Å². The van der Waals surface area contributed by atoms with Crippen LogP contribution in [0.15, 0.2) is 12.1 Å². The normalized spacial score (nSPS) is 19.6. The van der Waals surface area contributed by atoms with Gasteiger partial charge in [-0.25, -0.2) is 0 Å². The molecule has 1 saturated heterocycles. The van der Waals surface area contributed by atoms with Crippen LogP contribution in [0.1, 0.15) is 21.5 Å². The molecule has 1 aromatic carbocycles. The van der Waals surface area contributed by atoms with Crippen LogP contribution in [0, 0.1) is 13.8 Å². The molecule has 0 saturated carbocycles. The van der Waals surface area contributed by atoms with Gasteiger partial charge in [-0.3, -0.25) is 4.79 Å². The summed E-state index contributed by atoms with van der Waals surface area (Å²) in [6, 6.07) is 3.79. The van der Waals surface area contributed by atoms with Crippen LogP contribution in [0.5, 0.6) is 5.75 Å². The number of hydrogen-bond donors (Lipinski definition) is 1. The fraction of sp³-hybridized carbons (Fsp3) is 0.500. The smallest absolute Gasteiger partial charge is 0.196 e. The molecule has 18 heavy (non-hydrogen) atoms. The number of benzene rings is 1. The van der Waals surface area contributed by atoms with Gasteiger partial charge >= 0.3 is 0 Å². The third-order valence-corrected chi connectivity index (χ3v) is 3.30. The average Bonchev–Trinajstić information content (AvgIpc) is 2.41. The maximum absolute atomic E-state index is 12.4. The first-order valence-corrected chi connectivity index (χ1v) is 6.15. The summed E-state index contributed by atoms with van der Waals surface area (Å²) in [5, 5.41) is 3.16. The van der Waals surface area contributed by atoms with E-state index < -0.39 is 6.10 Å². The number of methoxy groups -OCH3 is 1. The third kappa shape index (κ3) is 2.54. The summed E-state index contributed by atoms with van der Waals surface area (Å²) in [7, 11) is 1.58. The highest BCUT2D eigenvalue weighted by molar-refractivity contribution is 6.02. The first-order valence-electron chi connectivity index (χ1n) is 6.15. The highest BCUT2D eigenvalue weighted by Gasteiger charge is 2.25. The van der Waals surface area contributed by atoms with Gasteiger partial charge in [0, 0.05) is 13.1 Å². The predicted molar refractivity (Wildman–Crippen MR) is 69.4 cm³/mol. The number of Topliss-reactive ketones (excluding diaryl/α,β-unsaturated/α-hetero) is 1. The molecule has 1 aliphatic heterocycles. The molecule has 1 aromatic rings. The average molecular weight is 249 g/mol. The summed E-state index contributed by atoms with van der Waals surface area (Å²) in [4.78, 5) is 12.4. The van der Waals surface area contributed by atoms with Crippen LogP contribution in [0.3, 0.4) is 0 Å². The van der Waals surface area contributed by atoms with Crippen molar-refractivity contribution in [1.29, 1.82) is 0 Å². The predicted octanol–water partition coefficient (Wildman–Crippen LogP) is 1.48. The van der Waals surface area contributed by atoms with E-state index in [4.69, 9.17) is 9.47 Å². The SMILES string of the molecule is COc1cc(C)c(C)cc1C(=O)C1CNCCO1. The van der Waals surface area contributed by atoms with Gasteiger partial charge in [0.2, 0.25) is 0 Å². The van der Waals surface area contributed by atoms with Crippen LogP contribution in [-0.4, -0.2) is 38.7 Å². The van der Waals surface area contributed by atoms with Crippen LogP contribution < -0.4 is 10.1 Å². The molecule has 1 atom stereocenters. The van der Waals surface area contributed by atoms with E-state index in [1.54, 1.807) is 7.11 Å². The number of carbonyl (C=O) groups is 1. The van der Waals surface area contributed by atoms with Gasteiger partial charge in [-0.05, 0) is 37.1 Å². The van der Waals surface area contributed by atoms with Crippen molar-refractivity contribution in [2.45, 2.75) is 20.0 Å². The van der Waals surface area contributed by atoms with E-state index in [0.717, 1.165) is 17.7 Å². The second-order valence-electron chi connectivity index (χ2n) is 4.56. The van der Waals surface area contributed by atoms with E-state index >= 15 is 0 Å². The molecule has 0 aliphatic carbocycles. The minimum atomic E-state index is -0.408. The van der Waals surface area contributed by atoms with Crippen molar-refractivity contribution < 1.29 is 14.3 Å². The highest BCUT2D eigenvalue weighted by Crippen LogP contribution is 2.25. The Morgan fingerprint density at radius 2 is 2.11 bits per heavy atom. The van der Waals surface area contributed by atoms with Crippen LogP contribution in [-0.2, 0) is 4.74 Å². The Morgan fingerprint density at radius 1 is 1.39 bits per heavy atom. The largest absolute Gasteiger partial charge is 0.496 e. The van der Waals surface area contributed by atoms with E-state index in [9.17, 15) is 4.79 Å². The minimum absolute atomic E-state index is 0.0119. The molecule has 2 rings (SSSR count). The van der Waals surface area contributed by atoms with Gasteiger partial charge in [-0.1, -0.05) is 0 Å². The monoisotopic (exact) mass is 249 g/mol. The van der Waals surface area contributed by atoms with E-state index in [1.165, 1.54) is 0 Å². The van der Waals surface area contributed by atoms with E-state index in [-0.39, 0.29) is 5.78 Å². The molecule has 1 N–H and O–H groups in total. The molecule has 4 heteroatoms. The molecular formula is C14H19NO3. The zero-order valence-corrected chi connectivity index (χ0v) is 11.1. The van der Waals surface area contributed by atoms with Crippen LogP contribution >= 0.6 is 0 Å². The highest BCUT2D eigenvalue weighted by atomic mass is 16.5. The van der Waals surface area contributed by atoms with E-state index in [0.29, 0.717) is 24.5 Å². The number of carbonyl (C=O) groups excluding carboxylic acids is 1. The van der Waals surface area contributed by atoms with E-state index in [2.05, 4.69) is 5.32 Å². The summed E-state index contributed by atoms with van der Waals surface area (Å²) in [6.45, 7) is 5.93. The molecular weight excluding hydrogens is 230 g/mol. The Hall–Kier alpha value is -1.39. The molecule has 1 unspecified atom stereocenters. The number of ether oxygens (including phenoxy) is 2. The molecule has 1 heterocycles. The third-order valence-electron chi connectivity index (χ3n) is 3.30. The van der Waals surface area contributed by atoms with Gasteiger partial charge in [-0.15, -0.1) is 0 Å². The topological polar surface area (TPSA) is 47.6 Å². The Kier molecular flexibility index (Phi) is 3.99. The lowest BCUT2D eigenvalue weighted by Gasteiger charge is -2.23. The maximum atomic E-state index is 12.4. The first-order chi connectivity index (χ1) is 8.63. The van der Waals surface area contributed by atoms with Crippen LogP contribution in [0.4, 0.5) is 0 Å². The van der Waals surface area contributed by atoms with Crippen LogP contribution in [0.25, 0.3) is 0 Å². The fourth-order valence-corrected chi connectivity index (χ4v) is 2.06. The van der Waals surface area contributed by atoms with Crippen molar-refractivity contribution >= 4 is 5.78 Å². The van der Waals surface area contributed by atoms with Crippen molar-refractivity contribution in [3.05, 3.63) is 28.8 Å². The molecule has 98 valence electrons. The van der Waals surface area contributed by atoms with Crippen molar-refractivity contribution in [3.8, 4) is 5.75 Å². The number of aryl methyl sites for hydroxylation is 2. The van der Waals surface area contributed by atoms with Crippen LogP contribution in [0.2, 0.25) is 0 Å². The lowest BCUT2D eigenvalue weighted by atomic mass is 9.99. The van der Waals surface area contributed by atoms with Crippen molar-refractivity contribution in [1.82, 2.24) is 5.32 Å². The Labute approximate surface area is 107 Å². The fourth-order valence-electron chi connectivity index (χ4n) is 2.06. The molecule has 0 spiro atoms. The summed E-state index contributed by atoms with van der Waals surface area (Å²) in [6.07, 6.45) is -0.408. The Morgan fingerprint density at radius 3 is 2.72 bits per heavy atom. The van der Waals surface area contributed by atoms with Gasteiger partial charge in [0.15, 0.2) is 5.78 Å². The van der Waals surface area contributed by atoms with Crippen molar-refractivity contribution in [2.24, 2.45) is 0 Å². The van der Waals surface area contributed by atoms with Crippen molar-refractivity contribution in [2.75, 3.05) is 26.8 Å². The van der Waals surface area contributed by atoms with Crippen molar-refractivity contribution in [3.63, 3.8) is 0 Å². The quantitative estimate of drug-likeness (QED) is 0.824. The second kappa shape index (κ2) is 5.50. The van der Waals surface area contributed by atoms with Gasteiger partial charge in [0.05, 0.1) is 19.3 Å². The Balaban J connectivity index is 2.31. The van der Waals surface area contributed by atoms with Gasteiger partial charge in [-0.2, -0.15) is 0 Å². The number of nitrogens with one attached hydrogen (secondary N) is 1. The number of ketones is 1. The first kappa shape index (κ1) is 13.1. The molecule has 0 radical (unpaired) electrons. The summed E-state index contributed by atoms with van der Waals surface area (Å²) in [5.41, 5.74) is 2.81. The summed E-state index contributed by atoms with van der Waals surface area (Å²) < 4.78 is 10.8. The molecule has 1 fully saturated rings. The minimum Gasteiger partial charge on any atom is -0.496 e. The second-order valence-corrected chi connectivity index (χ2v) is 4.56. The standard InChI is InChI=1S/C14H19NO3/c1-9-6-11(12(17-3)7-10(9)2)14(16)13-8-15-4-5-18-13/h6-7,13,15H,4-5,8H2,1-3H3. The maximum Gasteiger partial charge on any atom is 0.196 e. The number of rotatable bonds is 3.